The van der Waals surface area contributed by atoms with Crippen molar-refractivity contribution < 1.29 is 4.42 Å². The predicted octanol–water partition coefficient (Wildman–Crippen LogP) is 2.78. The van der Waals surface area contributed by atoms with Gasteiger partial charge in [0.1, 0.15) is 5.76 Å². The molecule has 0 saturated heterocycles. The Morgan fingerprint density at radius 1 is 1.44 bits per heavy atom. The standard InChI is InChI=1S/C12H14N2OS/c1-9-11(5-7-15-9)16-12(8-13)10-4-2-3-6-14-10/h2-7,12H,8,13H2,1H3. The molecule has 0 spiro atoms. The third-order valence-corrected chi connectivity index (χ3v) is 3.71. The Morgan fingerprint density at radius 2 is 2.31 bits per heavy atom. The van der Waals surface area contributed by atoms with E-state index in [-0.39, 0.29) is 5.25 Å². The van der Waals surface area contributed by atoms with Gasteiger partial charge in [0.2, 0.25) is 0 Å². The van der Waals surface area contributed by atoms with Gasteiger partial charge in [0.25, 0.3) is 0 Å². The van der Waals surface area contributed by atoms with Crippen LogP contribution in [0.15, 0.2) is 46.0 Å². The van der Waals surface area contributed by atoms with Crippen molar-refractivity contribution >= 4 is 11.8 Å². The Labute approximate surface area is 99.1 Å². The molecule has 0 radical (unpaired) electrons. The number of hydrogen-bond acceptors (Lipinski definition) is 4. The molecule has 2 heterocycles. The van der Waals surface area contributed by atoms with Gasteiger partial charge in [-0.15, -0.1) is 11.8 Å². The zero-order chi connectivity index (χ0) is 11.4. The molecule has 4 heteroatoms. The van der Waals surface area contributed by atoms with Crippen LogP contribution in [-0.4, -0.2) is 11.5 Å². The molecule has 2 aromatic rings. The number of furan rings is 1. The second-order valence-corrected chi connectivity index (χ2v) is 4.68. The normalized spacial score (nSPS) is 12.6. The molecule has 2 aromatic heterocycles. The minimum atomic E-state index is 0.178. The summed E-state index contributed by atoms with van der Waals surface area (Å²) in [7, 11) is 0. The predicted molar refractivity (Wildman–Crippen MR) is 65.3 cm³/mol. The summed E-state index contributed by atoms with van der Waals surface area (Å²) in [6.07, 6.45) is 3.49. The van der Waals surface area contributed by atoms with Crippen molar-refractivity contribution in [3.63, 3.8) is 0 Å². The topological polar surface area (TPSA) is 52.0 Å². The van der Waals surface area contributed by atoms with Crippen LogP contribution in [0.1, 0.15) is 16.7 Å². The van der Waals surface area contributed by atoms with E-state index in [1.807, 2.05) is 31.2 Å². The zero-order valence-electron chi connectivity index (χ0n) is 9.09. The zero-order valence-corrected chi connectivity index (χ0v) is 9.91. The maximum absolute atomic E-state index is 5.78. The molecule has 0 amide bonds. The first-order chi connectivity index (χ1) is 7.81. The molecule has 2 rings (SSSR count). The number of rotatable bonds is 4. The summed E-state index contributed by atoms with van der Waals surface area (Å²) >= 11 is 1.69. The van der Waals surface area contributed by atoms with Crippen molar-refractivity contribution in [2.24, 2.45) is 5.73 Å². The highest BCUT2D eigenvalue weighted by molar-refractivity contribution is 7.99. The molecule has 2 N–H and O–H groups in total. The van der Waals surface area contributed by atoms with E-state index < -0.39 is 0 Å². The lowest BCUT2D eigenvalue weighted by Gasteiger charge is -2.12. The summed E-state index contributed by atoms with van der Waals surface area (Å²) in [6, 6.07) is 7.85. The van der Waals surface area contributed by atoms with Crippen LogP contribution < -0.4 is 5.73 Å². The van der Waals surface area contributed by atoms with Gasteiger partial charge in [-0.05, 0) is 25.1 Å². The Bertz CT molecular complexity index is 441. The maximum atomic E-state index is 5.78. The van der Waals surface area contributed by atoms with E-state index in [9.17, 15) is 0 Å². The smallest absolute Gasteiger partial charge is 0.114 e. The number of nitrogens with two attached hydrogens (primary N) is 1. The van der Waals surface area contributed by atoms with Crippen molar-refractivity contribution in [1.82, 2.24) is 4.98 Å². The van der Waals surface area contributed by atoms with Gasteiger partial charge in [-0.25, -0.2) is 0 Å². The molecule has 0 aliphatic carbocycles. The third-order valence-electron chi connectivity index (χ3n) is 2.31. The molecule has 84 valence electrons. The van der Waals surface area contributed by atoms with Crippen molar-refractivity contribution in [1.29, 1.82) is 0 Å². The van der Waals surface area contributed by atoms with Crippen molar-refractivity contribution in [3.05, 3.63) is 48.2 Å². The van der Waals surface area contributed by atoms with Gasteiger partial charge in [-0.3, -0.25) is 4.98 Å². The van der Waals surface area contributed by atoms with E-state index in [0.29, 0.717) is 6.54 Å². The highest BCUT2D eigenvalue weighted by atomic mass is 32.2. The fourth-order valence-electron chi connectivity index (χ4n) is 1.44. The molecule has 0 aliphatic heterocycles. The van der Waals surface area contributed by atoms with Crippen molar-refractivity contribution in [3.8, 4) is 0 Å². The Balaban J connectivity index is 2.16. The number of hydrogen-bond donors (Lipinski definition) is 1. The maximum Gasteiger partial charge on any atom is 0.114 e. The first-order valence-electron chi connectivity index (χ1n) is 5.13. The van der Waals surface area contributed by atoms with E-state index >= 15 is 0 Å². The first kappa shape index (κ1) is 11.2. The van der Waals surface area contributed by atoms with Gasteiger partial charge in [-0.1, -0.05) is 6.07 Å². The van der Waals surface area contributed by atoms with Crippen LogP contribution in [0.2, 0.25) is 0 Å². The number of thioether (sulfide) groups is 1. The number of aryl methyl sites for hydroxylation is 1. The van der Waals surface area contributed by atoms with Gasteiger partial charge in [0, 0.05) is 17.6 Å². The highest BCUT2D eigenvalue weighted by Crippen LogP contribution is 2.35. The Morgan fingerprint density at radius 3 is 2.88 bits per heavy atom. The van der Waals surface area contributed by atoms with Gasteiger partial charge in [-0.2, -0.15) is 0 Å². The minimum Gasteiger partial charge on any atom is -0.468 e. The van der Waals surface area contributed by atoms with Crippen LogP contribution in [0.4, 0.5) is 0 Å². The van der Waals surface area contributed by atoms with Crippen LogP contribution in [0.5, 0.6) is 0 Å². The average Bonchev–Trinajstić information content (AvgIpc) is 2.73. The summed E-state index contributed by atoms with van der Waals surface area (Å²) < 4.78 is 5.26. The highest BCUT2D eigenvalue weighted by Gasteiger charge is 2.14. The van der Waals surface area contributed by atoms with E-state index in [0.717, 1.165) is 16.3 Å². The van der Waals surface area contributed by atoms with Gasteiger partial charge < -0.3 is 10.2 Å². The van der Waals surface area contributed by atoms with Gasteiger partial charge >= 0.3 is 0 Å². The molecule has 16 heavy (non-hydrogen) atoms. The third kappa shape index (κ3) is 2.46. The summed E-state index contributed by atoms with van der Waals surface area (Å²) in [4.78, 5) is 5.45. The van der Waals surface area contributed by atoms with Crippen LogP contribution in [-0.2, 0) is 0 Å². The lowest BCUT2D eigenvalue weighted by Crippen LogP contribution is -2.10. The van der Waals surface area contributed by atoms with E-state index in [1.54, 1.807) is 24.2 Å². The van der Waals surface area contributed by atoms with Crippen LogP contribution in [0, 0.1) is 6.92 Å². The molecule has 1 unspecified atom stereocenters. The molecule has 0 aliphatic rings. The molecule has 0 saturated carbocycles. The number of nitrogens with zero attached hydrogens (tertiary/aromatic N) is 1. The lowest BCUT2D eigenvalue weighted by atomic mass is 10.3. The Kier molecular flexibility index (Phi) is 3.64. The fraction of sp³-hybridized carbons (Fsp3) is 0.250. The SMILES string of the molecule is Cc1occc1SC(CN)c1ccccn1. The Hall–Kier alpha value is -1.26. The average molecular weight is 234 g/mol. The molecule has 0 bridgehead atoms. The van der Waals surface area contributed by atoms with E-state index in [4.69, 9.17) is 10.2 Å². The first-order valence-corrected chi connectivity index (χ1v) is 6.01. The van der Waals surface area contributed by atoms with Gasteiger partial charge in [0.05, 0.1) is 17.2 Å². The summed E-state index contributed by atoms with van der Waals surface area (Å²) in [6.45, 7) is 2.51. The monoisotopic (exact) mass is 234 g/mol. The van der Waals surface area contributed by atoms with Crippen LogP contribution in [0.25, 0.3) is 0 Å². The number of aromatic nitrogens is 1. The number of pyridine rings is 1. The summed E-state index contributed by atoms with van der Waals surface area (Å²) in [5.41, 5.74) is 6.79. The largest absolute Gasteiger partial charge is 0.468 e. The molecule has 1 atom stereocenters. The molecule has 0 fully saturated rings. The van der Waals surface area contributed by atoms with Crippen molar-refractivity contribution in [2.45, 2.75) is 17.1 Å². The second kappa shape index (κ2) is 5.18. The fourth-order valence-corrected chi connectivity index (χ4v) is 2.46. The molecule has 0 aromatic carbocycles. The summed E-state index contributed by atoms with van der Waals surface area (Å²) in [5.74, 6) is 0.930. The van der Waals surface area contributed by atoms with Crippen LogP contribution >= 0.6 is 11.8 Å². The molecule has 3 nitrogen and oxygen atoms in total. The van der Waals surface area contributed by atoms with Gasteiger partial charge in [0.15, 0.2) is 0 Å². The molecular formula is C12H14N2OS. The van der Waals surface area contributed by atoms with E-state index in [2.05, 4.69) is 4.98 Å². The lowest BCUT2D eigenvalue weighted by molar-refractivity contribution is 0.526. The van der Waals surface area contributed by atoms with Crippen molar-refractivity contribution in [2.75, 3.05) is 6.54 Å². The quantitative estimate of drug-likeness (QED) is 0.826. The second-order valence-electron chi connectivity index (χ2n) is 3.44. The van der Waals surface area contributed by atoms with Crippen LogP contribution in [0.3, 0.4) is 0 Å². The molecular weight excluding hydrogens is 220 g/mol. The van der Waals surface area contributed by atoms with E-state index in [1.165, 1.54) is 0 Å². The summed E-state index contributed by atoms with van der Waals surface area (Å²) in [5, 5.41) is 0.178. The minimum absolute atomic E-state index is 0.178.